The van der Waals surface area contributed by atoms with Crippen LogP contribution in [0.5, 0.6) is 0 Å². The van der Waals surface area contributed by atoms with E-state index in [9.17, 15) is 4.79 Å². The third-order valence-electron chi connectivity index (χ3n) is 6.96. The van der Waals surface area contributed by atoms with Gasteiger partial charge < -0.3 is 10.6 Å². The minimum absolute atomic E-state index is 0.0869. The minimum atomic E-state index is -0.0869. The Morgan fingerprint density at radius 1 is 1.18 bits per heavy atom. The molecule has 0 spiro atoms. The third kappa shape index (κ3) is 4.95. The van der Waals surface area contributed by atoms with Crippen LogP contribution in [0.2, 0.25) is 0 Å². The number of H-pyrrole nitrogens is 1. The van der Waals surface area contributed by atoms with Gasteiger partial charge in [-0.3, -0.25) is 9.89 Å². The molecular weight excluding hydrogens is 414 g/mol. The molecule has 3 N–H and O–H groups in total. The highest BCUT2D eigenvalue weighted by Gasteiger charge is 2.27. The Bertz CT molecular complexity index is 1090. The molecule has 3 heterocycles. The number of carbonyl (C=O) groups is 1. The minimum Gasteiger partial charge on any atom is -0.348 e. The van der Waals surface area contributed by atoms with Crippen LogP contribution in [-0.2, 0) is 0 Å². The molecule has 3 aromatic rings. The van der Waals surface area contributed by atoms with Gasteiger partial charge in [-0.25, -0.2) is 9.50 Å². The predicted octanol–water partition coefficient (Wildman–Crippen LogP) is 4.37. The van der Waals surface area contributed by atoms with E-state index < -0.39 is 0 Å². The summed E-state index contributed by atoms with van der Waals surface area (Å²) in [6, 6.07) is 3.42. The van der Waals surface area contributed by atoms with Crippen molar-refractivity contribution in [2.45, 2.75) is 97.2 Å². The summed E-state index contributed by atoms with van der Waals surface area (Å²) >= 11 is 0. The average molecular weight is 452 g/mol. The van der Waals surface area contributed by atoms with Gasteiger partial charge in [-0.1, -0.05) is 27.7 Å². The van der Waals surface area contributed by atoms with Gasteiger partial charge >= 0.3 is 0 Å². The molecule has 0 aromatic carbocycles. The second-order valence-electron chi connectivity index (χ2n) is 9.66. The zero-order valence-electron chi connectivity index (χ0n) is 20.5. The van der Waals surface area contributed by atoms with Crippen molar-refractivity contribution < 1.29 is 4.79 Å². The van der Waals surface area contributed by atoms with Crippen molar-refractivity contribution in [2.75, 3.05) is 0 Å². The predicted molar refractivity (Wildman–Crippen MR) is 130 cm³/mol. The molecule has 0 unspecified atom stereocenters. The monoisotopic (exact) mass is 451 g/mol. The van der Waals surface area contributed by atoms with Crippen molar-refractivity contribution >= 4 is 11.6 Å². The molecule has 33 heavy (non-hydrogen) atoms. The first kappa shape index (κ1) is 23.4. The van der Waals surface area contributed by atoms with Crippen LogP contribution in [0.3, 0.4) is 0 Å². The molecule has 1 aliphatic carbocycles. The number of carbonyl (C=O) groups excluding carboxylic acids is 1. The number of amides is 1. The molecule has 3 aromatic heterocycles. The summed E-state index contributed by atoms with van der Waals surface area (Å²) in [5.74, 6) is 0.0577. The second kappa shape index (κ2) is 10.0. The number of aryl methyl sites for hydroxylation is 1. The van der Waals surface area contributed by atoms with Crippen molar-refractivity contribution in [3.63, 3.8) is 0 Å². The Kier molecular flexibility index (Phi) is 7.12. The van der Waals surface area contributed by atoms with Crippen LogP contribution in [-0.4, -0.2) is 48.8 Å². The van der Waals surface area contributed by atoms with Crippen LogP contribution in [0.25, 0.3) is 16.9 Å². The quantitative estimate of drug-likeness (QED) is 0.472. The van der Waals surface area contributed by atoms with Crippen molar-refractivity contribution in [2.24, 2.45) is 0 Å². The molecule has 4 rings (SSSR count). The maximum Gasteiger partial charge on any atom is 0.272 e. The molecule has 0 aliphatic heterocycles. The summed E-state index contributed by atoms with van der Waals surface area (Å²) in [4.78, 5) is 17.5. The normalized spacial score (nSPS) is 19.0. The maximum atomic E-state index is 13.2. The molecule has 0 bridgehead atoms. The molecule has 1 amide bonds. The van der Waals surface area contributed by atoms with Crippen molar-refractivity contribution in [1.82, 2.24) is 35.4 Å². The van der Waals surface area contributed by atoms with Crippen molar-refractivity contribution in [3.8, 4) is 11.3 Å². The molecule has 0 atom stereocenters. The van der Waals surface area contributed by atoms with E-state index >= 15 is 0 Å². The Labute approximate surface area is 196 Å². The number of aromatic amines is 1. The lowest BCUT2D eigenvalue weighted by Crippen LogP contribution is -2.45. The summed E-state index contributed by atoms with van der Waals surface area (Å²) < 4.78 is 1.77. The molecule has 1 fully saturated rings. The van der Waals surface area contributed by atoms with E-state index in [1.165, 1.54) is 0 Å². The first-order valence-corrected chi connectivity index (χ1v) is 12.4. The van der Waals surface area contributed by atoms with Crippen LogP contribution < -0.4 is 10.6 Å². The molecule has 0 saturated heterocycles. The number of hydrogen-bond donors (Lipinski definition) is 3. The summed E-state index contributed by atoms with van der Waals surface area (Å²) in [6.45, 7) is 10.7. The Morgan fingerprint density at radius 3 is 2.55 bits per heavy atom. The number of hydrogen-bond acceptors (Lipinski definition) is 5. The third-order valence-corrected chi connectivity index (χ3v) is 6.96. The van der Waals surface area contributed by atoms with E-state index in [1.807, 2.05) is 13.1 Å². The fourth-order valence-electron chi connectivity index (χ4n) is 5.05. The standard InChI is InChI=1S/C25H37N7O/c1-6-18(7-2)28-19-8-10-20(11-9-19)29-25(33)23-21(15(3)4)22(30-31-23)17-12-16(5)24-26-14-27-32(24)13-17/h12-15,18-20,28H,6-11H2,1-5H3,(H,29,33)(H,30,31)/t19-,20+. The van der Waals surface area contributed by atoms with Crippen LogP contribution in [0.4, 0.5) is 0 Å². The number of pyridine rings is 1. The molecule has 178 valence electrons. The number of fused-ring (bicyclic) bond motifs is 1. The molecule has 1 aliphatic rings. The topological polar surface area (TPSA) is 100 Å². The number of nitrogens with one attached hydrogen (secondary N) is 3. The number of rotatable bonds is 8. The first-order valence-electron chi connectivity index (χ1n) is 12.4. The van der Waals surface area contributed by atoms with Crippen molar-refractivity contribution in [3.05, 3.63) is 35.4 Å². The van der Waals surface area contributed by atoms with Gasteiger partial charge in [0.15, 0.2) is 11.3 Å². The van der Waals surface area contributed by atoms with E-state index in [0.29, 0.717) is 17.8 Å². The van der Waals surface area contributed by atoms with Gasteiger partial charge in [-0.2, -0.15) is 10.2 Å². The zero-order chi connectivity index (χ0) is 23.5. The lowest BCUT2D eigenvalue weighted by molar-refractivity contribution is 0.0917. The lowest BCUT2D eigenvalue weighted by atomic mass is 9.90. The van der Waals surface area contributed by atoms with Gasteiger partial charge in [0.1, 0.15) is 6.33 Å². The maximum absolute atomic E-state index is 13.2. The van der Waals surface area contributed by atoms with Crippen molar-refractivity contribution in [1.29, 1.82) is 0 Å². The zero-order valence-corrected chi connectivity index (χ0v) is 20.5. The lowest BCUT2D eigenvalue weighted by Gasteiger charge is -2.32. The van der Waals surface area contributed by atoms with Gasteiger partial charge in [0, 0.05) is 35.4 Å². The Hall–Kier alpha value is -2.74. The molecule has 8 heteroatoms. The highest BCUT2D eigenvalue weighted by Crippen LogP contribution is 2.31. The van der Waals surface area contributed by atoms with Crippen LogP contribution in [0.1, 0.15) is 93.8 Å². The Morgan fingerprint density at radius 2 is 1.88 bits per heavy atom. The number of nitrogens with zero attached hydrogens (tertiary/aromatic N) is 4. The Balaban J connectivity index is 1.48. The fraction of sp³-hybridized carbons (Fsp3) is 0.600. The van der Waals surface area contributed by atoms with E-state index in [4.69, 9.17) is 0 Å². The average Bonchev–Trinajstić information content (AvgIpc) is 3.46. The van der Waals surface area contributed by atoms with Crippen LogP contribution >= 0.6 is 0 Å². The smallest absolute Gasteiger partial charge is 0.272 e. The van der Waals surface area contributed by atoms with E-state index in [-0.39, 0.29) is 17.9 Å². The fourth-order valence-corrected chi connectivity index (χ4v) is 5.05. The summed E-state index contributed by atoms with van der Waals surface area (Å²) in [6.07, 6.45) is 10.0. The highest BCUT2D eigenvalue weighted by molar-refractivity contribution is 5.96. The van der Waals surface area contributed by atoms with Gasteiger partial charge in [-0.15, -0.1) is 0 Å². The van der Waals surface area contributed by atoms with E-state index in [1.54, 1.807) is 10.8 Å². The van der Waals surface area contributed by atoms with E-state index in [0.717, 1.165) is 66.6 Å². The molecule has 8 nitrogen and oxygen atoms in total. The summed E-state index contributed by atoms with van der Waals surface area (Å²) in [5, 5.41) is 18.9. The summed E-state index contributed by atoms with van der Waals surface area (Å²) in [7, 11) is 0. The number of aromatic nitrogens is 5. The van der Waals surface area contributed by atoms with Gasteiger partial charge in [0.25, 0.3) is 5.91 Å². The largest absolute Gasteiger partial charge is 0.348 e. The molecule has 0 radical (unpaired) electrons. The first-order chi connectivity index (χ1) is 15.9. The highest BCUT2D eigenvalue weighted by atomic mass is 16.2. The van der Waals surface area contributed by atoms with Gasteiger partial charge in [-0.05, 0) is 63.0 Å². The van der Waals surface area contributed by atoms with Gasteiger partial charge in [0.2, 0.25) is 0 Å². The second-order valence-corrected chi connectivity index (χ2v) is 9.66. The van der Waals surface area contributed by atoms with Gasteiger partial charge in [0.05, 0.1) is 5.69 Å². The molecule has 1 saturated carbocycles. The molecular formula is C25H37N7O. The summed E-state index contributed by atoms with van der Waals surface area (Å²) in [5.41, 5.74) is 5.11. The van der Waals surface area contributed by atoms with Crippen LogP contribution in [0, 0.1) is 6.92 Å². The van der Waals surface area contributed by atoms with Crippen LogP contribution in [0.15, 0.2) is 18.6 Å². The SMILES string of the molecule is CCC(CC)N[C@H]1CC[C@@H](NC(=O)c2n[nH]c(-c3cc(C)c4ncnn4c3)c2C(C)C)CC1. The van der Waals surface area contributed by atoms with E-state index in [2.05, 4.69) is 64.7 Å².